The number of hydrogen-bond donors (Lipinski definition) is 4. The highest BCUT2D eigenvalue weighted by Gasteiger charge is 2.26. The van der Waals surface area contributed by atoms with E-state index >= 15 is 0 Å². The van der Waals surface area contributed by atoms with Crippen LogP contribution in [-0.2, 0) is 6.42 Å². The maximum Gasteiger partial charge on any atom is 0.289 e. The number of carbonyl (C=O) groups is 1. The van der Waals surface area contributed by atoms with Gasteiger partial charge in [-0.05, 0) is 56.0 Å². The summed E-state index contributed by atoms with van der Waals surface area (Å²) in [6.07, 6.45) is 4.59. The number of anilines is 1. The van der Waals surface area contributed by atoms with Crippen molar-refractivity contribution >= 4 is 28.6 Å². The zero-order valence-corrected chi connectivity index (χ0v) is 20.3. The molecular formula is C26H31N7O3. The lowest BCUT2D eigenvalue weighted by atomic mass is 9.90. The Morgan fingerprint density at radius 2 is 1.92 bits per heavy atom. The number of amides is 1. The highest BCUT2D eigenvalue weighted by molar-refractivity contribution is 5.96. The Morgan fingerprint density at radius 1 is 1.08 bits per heavy atom. The van der Waals surface area contributed by atoms with Crippen LogP contribution >= 0.6 is 0 Å². The summed E-state index contributed by atoms with van der Waals surface area (Å²) in [6, 6.07) is 11.7. The van der Waals surface area contributed by atoms with Gasteiger partial charge in [-0.1, -0.05) is 30.5 Å². The first-order valence-corrected chi connectivity index (χ1v) is 12.3. The molecule has 1 fully saturated rings. The zero-order chi connectivity index (χ0) is 25.1. The first-order chi connectivity index (χ1) is 17.5. The number of rotatable bonds is 7. The van der Waals surface area contributed by atoms with Crippen LogP contribution in [0.15, 0.2) is 41.4 Å². The van der Waals surface area contributed by atoms with Crippen LogP contribution < -0.4 is 31.6 Å². The van der Waals surface area contributed by atoms with E-state index in [1.807, 2.05) is 43.3 Å². The predicted molar refractivity (Wildman–Crippen MR) is 138 cm³/mol. The Bertz CT molecular complexity index is 1310. The largest absolute Gasteiger partial charge is 0.454 e. The minimum Gasteiger partial charge on any atom is -0.454 e. The monoisotopic (exact) mass is 489 g/mol. The summed E-state index contributed by atoms with van der Waals surface area (Å²) >= 11 is 0. The van der Waals surface area contributed by atoms with E-state index in [-0.39, 0.29) is 36.6 Å². The lowest BCUT2D eigenvalue weighted by Crippen LogP contribution is -2.38. The minimum absolute atomic E-state index is 0.0152. The van der Waals surface area contributed by atoms with E-state index in [9.17, 15) is 4.79 Å². The molecule has 2 unspecified atom stereocenters. The third kappa shape index (κ3) is 5.27. The van der Waals surface area contributed by atoms with Crippen molar-refractivity contribution in [3.05, 3.63) is 53.3 Å². The van der Waals surface area contributed by atoms with Crippen LogP contribution in [0.5, 0.6) is 11.5 Å². The second kappa shape index (κ2) is 10.3. The topological polar surface area (TPSA) is 150 Å². The number of nitrogens with one attached hydrogen (secondary N) is 2. The van der Waals surface area contributed by atoms with Gasteiger partial charge in [-0.3, -0.25) is 4.79 Å². The average Bonchev–Trinajstić information content (AvgIpc) is 3.33. The van der Waals surface area contributed by atoms with Gasteiger partial charge in [-0.25, -0.2) is 15.0 Å². The highest BCUT2D eigenvalue weighted by atomic mass is 16.7. The Balaban J connectivity index is 1.34. The molecule has 6 N–H and O–H groups in total. The summed E-state index contributed by atoms with van der Waals surface area (Å²) in [6.45, 7) is 2.69. The van der Waals surface area contributed by atoms with Crippen LogP contribution in [0.4, 0.5) is 5.82 Å². The van der Waals surface area contributed by atoms with E-state index < -0.39 is 0 Å². The van der Waals surface area contributed by atoms with Crippen molar-refractivity contribution in [2.24, 2.45) is 16.5 Å². The van der Waals surface area contributed by atoms with Gasteiger partial charge in [0.1, 0.15) is 5.82 Å². The number of benzene rings is 2. The van der Waals surface area contributed by atoms with Gasteiger partial charge < -0.3 is 31.6 Å². The van der Waals surface area contributed by atoms with Crippen molar-refractivity contribution < 1.29 is 14.3 Å². The molecule has 0 spiro atoms. The number of aryl methyl sites for hydroxylation is 1. The number of nitrogens with zero attached hydrogens (tertiary/aromatic N) is 3. The van der Waals surface area contributed by atoms with Gasteiger partial charge in [0.25, 0.3) is 5.91 Å². The van der Waals surface area contributed by atoms with Gasteiger partial charge in [-0.15, -0.1) is 0 Å². The fourth-order valence-electron chi connectivity index (χ4n) is 4.75. The number of fused-ring (bicyclic) bond motifs is 2. The predicted octanol–water partition coefficient (Wildman–Crippen LogP) is 2.64. The molecule has 2 aromatic carbocycles. The molecule has 1 aromatic heterocycles. The minimum atomic E-state index is -0.328. The van der Waals surface area contributed by atoms with E-state index in [0.717, 1.165) is 53.7 Å². The third-order valence-corrected chi connectivity index (χ3v) is 6.56. The van der Waals surface area contributed by atoms with Crippen LogP contribution in [0.1, 0.15) is 47.4 Å². The summed E-state index contributed by atoms with van der Waals surface area (Å²) in [7, 11) is 0. The molecule has 1 amide bonds. The molecule has 188 valence electrons. The van der Waals surface area contributed by atoms with E-state index in [4.69, 9.17) is 20.9 Å². The van der Waals surface area contributed by atoms with Gasteiger partial charge in [0.15, 0.2) is 17.5 Å². The molecule has 36 heavy (non-hydrogen) atoms. The molecule has 5 rings (SSSR count). The van der Waals surface area contributed by atoms with E-state index in [1.165, 1.54) is 0 Å². The highest BCUT2D eigenvalue weighted by Crippen LogP contribution is 2.32. The van der Waals surface area contributed by atoms with Crippen LogP contribution in [0.25, 0.3) is 10.9 Å². The second-order valence-corrected chi connectivity index (χ2v) is 9.27. The number of guanidine groups is 1. The summed E-state index contributed by atoms with van der Waals surface area (Å²) < 4.78 is 10.8. The number of aliphatic imine (C=N–C) groups is 1. The first-order valence-electron chi connectivity index (χ1n) is 12.3. The Morgan fingerprint density at radius 3 is 2.78 bits per heavy atom. The molecule has 1 aliphatic heterocycles. The average molecular weight is 490 g/mol. The van der Waals surface area contributed by atoms with Gasteiger partial charge in [0.2, 0.25) is 12.6 Å². The first kappa shape index (κ1) is 23.7. The molecule has 1 saturated carbocycles. The van der Waals surface area contributed by atoms with Crippen molar-refractivity contribution in [3.63, 3.8) is 0 Å². The number of carbonyl (C=O) groups excluding carboxylic acids is 1. The maximum absolute atomic E-state index is 13.0. The van der Waals surface area contributed by atoms with Crippen molar-refractivity contribution in [1.29, 1.82) is 0 Å². The molecule has 0 radical (unpaired) electrons. The standard InChI is InChI=1S/C26H31N7O3/c1-15-6-8-18-17(12-15)23(31-19-4-2-3-5-20(19)32-26(27)28)33-24(30-18)25(34)29-11-10-16-7-9-21-22(13-16)36-14-35-21/h6-9,12-13,19-20H,2-5,10-11,14H2,1H3,(H,29,34)(H4,27,28,32)(H,30,31,33). The molecule has 0 saturated heterocycles. The lowest BCUT2D eigenvalue weighted by molar-refractivity contribution is 0.0944. The maximum atomic E-state index is 13.0. The summed E-state index contributed by atoms with van der Waals surface area (Å²) in [5, 5.41) is 7.33. The molecule has 10 nitrogen and oxygen atoms in total. The van der Waals surface area contributed by atoms with Crippen molar-refractivity contribution in [3.8, 4) is 11.5 Å². The second-order valence-electron chi connectivity index (χ2n) is 9.27. The van der Waals surface area contributed by atoms with E-state index in [1.54, 1.807) is 0 Å². The van der Waals surface area contributed by atoms with Crippen molar-refractivity contribution in [1.82, 2.24) is 15.3 Å². The Labute approximate surface area is 209 Å². The smallest absolute Gasteiger partial charge is 0.289 e. The fraction of sp³-hybridized carbons (Fsp3) is 0.385. The summed E-state index contributed by atoms with van der Waals surface area (Å²) in [4.78, 5) is 26.6. The van der Waals surface area contributed by atoms with E-state index in [2.05, 4.69) is 25.6 Å². The van der Waals surface area contributed by atoms with Crippen LogP contribution in [-0.4, -0.2) is 47.3 Å². The van der Waals surface area contributed by atoms with Gasteiger partial charge >= 0.3 is 0 Å². The fourth-order valence-corrected chi connectivity index (χ4v) is 4.75. The normalized spacial score (nSPS) is 18.6. The molecule has 3 aromatic rings. The van der Waals surface area contributed by atoms with Gasteiger partial charge in [0.05, 0.1) is 17.6 Å². The number of hydrogen-bond acceptors (Lipinski definition) is 7. The Kier molecular flexibility index (Phi) is 6.75. The summed E-state index contributed by atoms with van der Waals surface area (Å²) in [5.41, 5.74) is 14.2. The van der Waals surface area contributed by atoms with Gasteiger partial charge in [-0.2, -0.15) is 0 Å². The zero-order valence-electron chi connectivity index (χ0n) is 20.3. The molecule has 0 bridgehead atoms. The van der Waals surface area contributed by atoms with Gasteiger partial charge in [0, 0.05) is 11.9 Å². The Hall–Kier alpha value is -4.08. The quantitative estimate of drug-likeness (QED) is 0.292. The number of nitrogens with two attached hydrogens (primary N) is 2. The van der Waals surface area contributed by atoms with Crippen LogP contribution in [0.3, 0.4) is 0 Å². The van der Waals surface area contributed by atoms with Crippen LogP contribution in [0, 0.1) is 6.92 Å². The van der Waals surface area contributed by atoms with E-state index in [0.29, 0.717) is 24.3 Å². The molecular weight excluding hydrogens is 458 g/mol. The molecule has 2 aliphatic rings. The number of ether oxygens (including phenoxy) is 2. The molecule has 1 aliphatic carbocycles. The molecule has 10 heteroatoms. The number of aromatic nitrogens is 2. The third-order valence-electron chi connectivity index (χ3n) is 6.56. The lowest BCUT2D eigenvalue weighted by Gasteiger charge is -2.30. The SMILES string of the molecule is Cc1ccc2nc(C(=O)NCCc3ccc4c(c3)OCO4)nc(NC3CCCCC3N=C(N)N)c2c1. The summed E-state index contributed by atoms with van der Waals surface area (Å²) in [5.74, 6) is 1.96. The van der Waals surface area contributed by atoms with Crippen molar-refractivity contribution in [2.45, 2.75) is 51.1 Å². The molecule has 2 atom stereocenters. The van der Waals surface area contributed by atoms with Crippen LogP contribution in [0.2, 0.25) is 0 Å². The van der Waals surface area contributed by atoms with Crippen molar-refractivity contribution in [2.75, 3.05) is 18.7 Å². The molecule has 2 heterocycles.